The predicted molar refractivity (Wildman–Crippen MR) is 74.7 cm³/mol. The minimum Gasteiger partial charge on any atom is -0.484 e. The second-order valence-electron chi connectivity index (χ2n) is 4.02. The Bertz CT molecular complexity index is 483. The molecule has 21 heavy (non-hydrogen) atoms. The van der Waals surface area contributed by atoms with Crippen LogP contribution in [0.1, 0.15) is 10.4 Å². The Morgan fingerprint density at radius 1 is 1.24 bits per heavy atom. The molecule has 0 fully saturated rings. The van der Waals surface area contributed by atoms with Crippen molar-refractivity contribution in [2.45, 2.75) is 5.92 Å². The fraction of sp³-hybridized carbons (Fsp3) is 0.333. The average molecular weight is 324 g/mol. The normalized spacial score (nSPS) is 10.4. The average Bonchev–Trinajstić information content (AvgIpc) is 2.43. The molecule has 2 amide bonds. The van der Waals surface area contributed by atoms with Gasteiger partial charge in [-0.15, -0.1) is 12.4 Å². The molecule has 1 rings (SSSR count). The second-order valence-corrected chi connectivity index (χ2v) is 4.02. The van der Waals surface area contributed by atoms with Crippen LogP contribution in [0.2, 0.25) is 0 Å². The molecule has 0 saturated carbocycles. The van der Waals surface area contributed by atoms with Crippen LogP contribution in [-0.4, -0.2) is 37.4 Å². The maximum absolute atomic E-state index is 12.9. The SMILES string of the molecule is Cl.NCC(F)(F)CNC(=O)c1ccc(OCC(N)=O)cc1. The van der Waals surface area contributed by atoms with Crippen molar-refractivity contribution >= 4 is 24.2 Å². The van der Waals surface area contributed by atoms with Gasteiger partial charge in [0, 0.05) is 5.56 Å². The first kappa shape index (κ1) is 19.1. The van der Waals surface area contributed by atoms with Crippen molar-refractivity contribution in [3.8, 4) is 5.75 Å². The van der Waals surface area contributed by atoms with E-state index in [4.69, 9.17) is 16.2 Å². The summed E-state index contributed by atoms with van der Waals surface area (Å²) in [6, 6.07) is 5.62. The summed E-state index contributed by atoms with van der Waals surface area (Å²) >= 11 is 0. The van der Waals surface area contributed by atoms with E-state index in [1.807, 2.05) is 0 Å². The van der Waals surface area contributed by atoms with Gasteiger partial charge in [-0.1, -0.05) is 0 Å². The number of carbonyl (C=O) groups excluding carboxylic acids is 2. The largest absolute Gasteiger partial charge is 0.484 e. The van der Waals surface area contributed by atoms with E-state index in [-0.39, 0.29) is 24.6 Å². The van der Waals surface area contributed by atoms with Gasteiger partial charge in [0.05, 0.1) is 13.1 Å². The van der Waals surface area contributed by atoms with Gasteiger partial charge in [-0.25, -0.2) is 8.78 Å². The van der Waals surface area contributed by atoms with Crippen LogP contribution in [0, 0.1) is 0 Å². The van der Waals surface area contributed by atoms with E-state index in [9.17, 15) is 18.4 Å². The molecule has 0 aliphatic rings. The van der Waals surface area contributed by atoms with Gasteiger partial charge in [0.15, 0.2) is 6.61 Å². The molecule has 6 nitrogen and oxygen atoms in total. The standard InChI is InChI=1S/C12H15F2N3O3.ClH/c13-12(14,6-15)7-17-11(19)8-1-3-9(4-2-8)20-5-10(16)18;/h1-4H,5-7,15H2,(H2,16,18)(H,17,19);1H. The molecule has 9 heteroatoms. The van der Waals surface area contributed by atoms with E-state index in [1.165, 1.54) is 24.3 Å². The summed E-state index contributed by atoms with van der Waals surface area (Å²) in [6.45, 7) is -1.95. The van der Waals surface area contributed by atoms with Gasteiger partial charge in [0.2, 0.25) is 0 Å². The smallest absolute Gasteiger partial charge is 0.277 e. The molecule has 0 aliphatic heterocycles. The van der Waals surface area contributed by atoms with Crippen LogP contribution in [0.4, 0.5) is 8.78 Å². The van der Waals surface area contributed by atoms with E-state index in [0.29, 0.717) is 5.75 Å². The molecule has 0 aliphatic carbocycles. The van der Waals surface area contributed by atoms with E-state index < -0.39 is 30.8 Å². The van der Waals surface area contributed by atoms with Crippen LogP contribution in [0.25, 0.3) is 0 Å². The summed E-state index contributed by atoms with van der Waals surface area (Å²) in [4.78, 5) is 22.1. The third kappa shape index (κ3) is 6.87. The number of alkyl halides is 2. The first-order chi connectivity index (χ1) is 9.34. The lowest BCUT2D eigenvalue weighted by Gasteiger charge is -2.14. The topological polar surface area (TPSA) is 107 Å². The Balaban J connectivity index is 0.00000400. The lowest BCUT2D eigenvalue weighted by molar-refractivity contribution is -0.119. The minimum absolute atomic E-state index is 0. The fourth-order valence-electron chi connectivity index (χ4n) is 1.24. The molecule has 0 aromatic heterocycles. The van der Waals surface area contributed by atoms with Crippen molar-refractivity contribution < 1.29 is 23.1 Å². The van der Waals surface area contributed by atoms with Gasteiger partial charge in [-0.05, 0) is 24.3 Å². The van der Waals surface area contributed by atoms with Gasteiger partial charge in [-0.2, -0.15) is 0 Å². The Kier molecular flexibility index (Phi) is 7.61. The Hall–Kier alpha value is -1.93. The van der Waals surface area contributed by atoms with Crippen LogP contribution in [-0.2, 0) is 4.79 Å². The number of hydrogen-bond acceptors (Lipinski definition) is 4. The number of ether oxygens (including phenoxy) is 1. The zero-order valence-electron chi connectivity index (χ0n) is 11.0. The van der Waals surface area contributed by atoms with Crippen LogP contribution in [0.15, 0.2) is 24.3 Å². The molecule has 5 N–H and O–H groups in total. The van der Waals surface area contributed by atoms with Crippen molar-refractivity contribution in [1.82, 2.24) is 5.32 Å². The summed E-state index contributed by atoms with van der Waals surface area (Å²) < 4.78 is 30.7. The van der Waals surface area contributed by atoms with Crippen LogP contribution in [0.3, 0.4) is 0 Å². The number of primary amides is 1. The summed E-state index contributed by atoms with van der Waals surface area (Å²) in [5, 5.41) is 2.08. The Labute approximate surface area is 126 Å². The first-order valence-electron chi connectivity index (χ1n) is 5.71. The summed E-state index contributed by atoms with van der Waals surface area (Å²) in [5.41, 5.74) is 9.94. The maximum atomic E-state index is 12.9. The Morgan fingerprint density at radius 2 is 1.81 bits per heavy atom. The molecule has 0 heterocycles. The number of hydrogen-bond donors (Lipinski definition) is 3. The first-order valence-corrected chi connectivity index (χ1v) is 5.71. The highest BCUT2D eigenvalue weighted by atomic mass is 35.5. The highest BCUT2D eigenvalue weighted by Crippen LogP contribution is 2.13. The molecular formula is C12H16ClF2N3O3. The second kappa shape index (κ2) is 8.38. The maximum Gasteiger partial charge on any atom is 0.277 e. The van der Waals surface area contributed by atoms with Crippen LogP contribution < -0.4 is 21.5 Å². The monoisotopic (exact) mass is 323 g/mol. The van der Waals surface area contributed by atoms with E-state index >= 15 is 0 Å². The number of nitrogens with two attached hydrogens (primary N) is 2. The van der Waals surface area contributed by atoms with Gasteiger partial charge in [0.1, 0.15) is 5.75 Å². The zero-order valence-corrected chi connectivity index (χ0v) is 11.8. The zero-order chi connectivity index (χ0) is 15.2. The van der Waals surface area contributed by atoms with Crippen molar-refractivity contribution in [1.29, 1.82) is 0 Å². The lowest BCUT2D eigenvalue weighted by Crippen LogP contribution is -2.41. The summed E-state index contributed by atoms with van der Waals surface area (Å²) in [5.74, 6) is -4.08. The van der Waals surface area contributed by atoms with Crippen molar-refractivity contribution in [2.24, 2.45) is 11.5 Å². The van der Waals surface area contributed by atoms with Crippen molar-refractivity contribution in [3.05, 3.63) is 29.8 Å². The predicted octanol–water partition coefficient (Wildman–Crippen LogP) is 0.296. The number of carbonyl (C=O) groups is 2. The van der Waals surface area contributed by atoms with E-state index in [0.717, 1.165) is 0 Å². The Morgan fingerprint density at radius 3 is 2.29 bits per heavy atom. The fourth-order valence-corrected chi connectivity index (χ4v) is 1.24. The van der Waals surface area contributed by atoms with Gasteiger partial charge < -0.3 is 21.5 Å². The third-order valence-electron chi connectivity index (χ3n) is 2.30. The molecule has 0 unspecified atom stereocenters. The highest BCUT2D eigenvalue weighted by Gasteiger charge is 2.27. The van der Waals surface area contributed by atoms with Gasteiger partial charge in [-0.3, -0.25) is 9.59 Å². The molecule has 1 aromatic carbocycles. The number of halogens is 3. The molecule has 0 spiro atoms. The van der Waals surface area contributed by atoms with E-state index in [2.05, 4.69) is 5.32 Å². The minimum atomic E-state index is -3.14. The molecule has 0 radical (unpaired) electrons. The number of nitrogens with one attached hydrogen (secondary N) is 1. The molecule has 118 valence electrons. The lowest BCUT2D eigenvalue weighted by atomic mass is 10.2. The number of rotatable bonds is 7. The molecular weight excluding hydrogens is 308 g/mol. The van der Waals surface area contributed by atoms with Crippen molar-refractivity contribution in [2.75, 3.05) is 19.7 Å². The van der Waals surface area contributed by atoms with E-state index in [1.54, 1.807) is 0 Å². The molecule has 0 bridgehead atoms. The molecule has 0 atom stereocenters. The molecule has 0 saturated heterocycles. The highest BCUT2D eigenvalue weighted by molar-refractivity contribution is 5.94. The third-order valence-corrected chi connectivity index (χ3v) is 2.30. The molecule has 1 aromatic rings. The van der Waals surface area contributed by atoms with Crippen LogP contribution in [0.5, 0.6) is 5.75 Å². The quantitative estimate of drug-likeness (QED) is 0.670. The number of benzene rings is 1. The summed E-state index contributed by atoms with van der Waals surface area (Å²) in [6.07, 6.45) is 0. The van der Waals surface area contributed by atoms with Gasteiger partial charge in [0.25, 0.3) is 17.7 Å². The number of amides is 2. The van der Waals surface area contributed by atoms with Gasteiger partial charge >= 0.3 is 0 Å². The summed E-state index contributed by atoms with van der Waals surface area (Å²) in [7, 11) is 0. The van der Waals surface area contributed by atoms with Crippen molar-refractivity contribution in [3.63, 3.8) is 0 Å². The van der Waals surface area contributed by atoms with Crippen LogP contribution >= 0.6 is 12.4 Å².